The molecule has 0 saturated heterocycles. The van der Waals surface area contributed by atoms with Gasteiger partial charge in [0.2, 0.25) is 5.91 Å². The highest BCUT2D eigenvalue weighted by Crippen LogP contribution is 2.03. The second-order valence-corrected chi connectivity index (χ2v) is 4.51. The highest BCUT2D eigenvalue weighted by Gasteiger charge is 2.20. The number of ether oxygens (including phenoxy) is 1. The molecule has 1 aromatic carbocycles. The lowest BCUT2D eigenvalue weighted by Crippen LogP contribution is -2.43. The van der Waals surface area contributed by atoms with Gasteiger partial charge in [0.1, 0.15) is 6.54 Å². The van der Waals surface area contributed by atoms with Crippen molar-refractivity contribution in [2.75, 3.05) is 33.8 Å². The van der Waals surface area contributed by atoms with Gasteiger partial charge in [0.15, 0.2) is 0 Å². The van der Waals surface area contributed by atoms with Crippen molar-refractivity contribution in [3.05, 3.63) is 35.9 Å². The molecule has 0 fully saturated rings. The predicted octanol–water partition coefficient (Wildman–Crippen LogP) is 0.780. The Labute approximate surface area is 124 Å². The molecule has 6 heteroatoms. The molecule has 0 radical (unpaired) electrons. The molecule has 1 aromatic rings. The molecule has 114 valence electrons. The third kappa shape index (κ3) is 4.91. The minimum Gasteiger partial charge on any atom is -0.468 e. The maximum atomic E-state index is 12.1. The van der Waals surface area contributed by atoms with Crippen molar-refractivity contribution in [2.45, 2.75) is 6.92 Å². The molecule has 0 aromatic heterocycles. The van der Waals surface area contributed by atoms with Crippen molar-refractivity contribution in [2.24, 2.45) is 0 Å². The number of benzene rings is 1. The quantitative estimate of drug-likeness (QED) is 0.727. The van der Waals surface area contributed by atoms with Crippen molar-refractivity contribution >= 4 is 17.8 Å². The summed E-state index contributed by atoms with van der Waals surface area (Å²) in [6.07, 6.45) is 0. The number of methoxy groups -OCH3 is 1. The Morgan fingerprint density at radius 3 is 2.24 bits per heavy atom. The van der Waals surface area contributed by atoms with E-state index in [-0.39, 0.29) is 24.9 Å². The van der Waals surface area contributed by atoms with Crippen LogP contribution in [0.2, 0.25) is 0 Å². The van der Waals surface area contributed by atoms with Gasteiger partial charge in [-0.15, -0.1) is 0 Å². The average molecular weight is 292 g/mol. The topological polar surface area (TPSA) is 66.9 Å². The molecule has 21 heavy (non-hydrogen) atoms. The molecule has 0 bridgehead atoms. The number of rotatable bonds is 6. The largest absolute Gasteiger partial charge is 0.468 e. The maximum absolute atomic E-state index is 12.1. The minimum atomic E-state index is -0.484. The van der Waals surface area contributed by atoms with E-state index in [1.807, 2.05) is 6.07 Å². The number of nitrogens with zero attached hydrogens (tertiary/aromatic N) is 2. The molecular weight excluding hydrogens is 272 g/mol. The van der Waals surface area contributed by atoms with Crippen molar-refractivity contribution in [1.29, 1.82) is 0 Å². The molecule has 0 N–H and O–H groups in total. The van der Waals surface area contributed by atoms with Gasteiger partial charge in [0.25, 0.3) is 5.91 Å². The summed E-state index contributed by atoms with van der Waals surface area (Å²) in [5.74, 6) is -1.02. The molecule has 0 heterocycles. The normalized spacial score (nSPS) is 9.86. The van der Waals surface area contributed by atoms with Crippen LogP contribution >= 0.6 is 0 Å². The van der Waals surface area contributed by atoms with E-state index in [1.54, 1.807) is 38.2 Å². The van der Waals surface area contributed by atoms with Gasteiger partial charge in [-0.25, -0.2) is 0 Å². The highest BCUT2D eigenvalue weighted by atomic mass is 16.5. The van der Waals surface area contributed by atoms with Crippen LogP contribution in [-0.2, 0) is 14.3 Å². The fourth-order valence-electron chi connectivity index (χ4n) is 1.77. The number of amides is 2. The first-order valence-electron chi connectivity index (χ1n) is 6.64. The summed E-state index contributed by atoms with van der Waals surface area (Å²) < 4.78 is 4.54. The number of hydrogen-bond acceptors (Lipinski definition) is 4. The maximum Gasteiger partial charge on any atom is 0.325 e. The van der Waals surface area contributed by atoms with E-state index >= 15 is 0 Å². The van der Waals surface area contributed by atoms with E-state index in [0.717, 1.165) is 0 Å². The Kier molecular flexibility index (Phi) is 6.39. The summed E-state index contributed by atoms with van der Waals surface area (Å²) in [6, 6.07) is 8.72. The fraction of sp³-hybridized carbons (Fsp3) is 0.400. The highest BCUT2D eigenvalue weighted by molar-refractivity contribution is 5.96. The number of esters is 1. The van der Waals surface area contributed by atoms with Crippen LogP contribution < -0.4 is 0 Å². The minimum absolute atomic E-state index is 0.0848. The van der Waals surface area contributed by atoms with E-state index in [0.29, 0.717) is 12.1 Å². The zero-order valence-corrected chi connectivity index (χ0v) is 12.5. The lowest BCUT2D eigenvalue weighted by Gasteiger charge is -2.23. The smallest absolute Gasteiger partial charge is 0.325 e. The van der Waals surface area contributed by atoms with Gasteiger partial charge in [-0.1, -0.05) is 18.2 Å². The van der Waals surface area contributed by atoms with E-state index in [4.69, 9.17) is 0 Å². The molecule has 0 aliphatic heterocycles. The molecule has 0 aliphatic carbocycles. The SMILES string of the molecule is CCN(CC(=O)OC)C(=O)CN(C)C(=O)c1ccccc1. The standard InChI is InChI=1S/C15H20N2O4/c1-4-17(11-14(19)21-3)13(18)10-16(2)15(20)12-8-6-5-7-9-12/h5-9H,4,10-11H2,1-3H3. The first-order chi connectivity index (χ1) is 9.99. The fourth-order valence-corrected chi connectivity index (χ4v) is 1.77. The van der Waals surface area contributed by atoms with E-state index in [2.05, 4.69) is 4.74 Å². The summed E-state index contributed by atoms with van der Waals surface area (Å²) in [5.41, 5.74) is 0.517. The Morgan fingerprint density at radius 1 is 1.10 bits per heavy atom. The molecule has 0 atom stereocenters. The van der Waals surface area contributed by atoms with Gasteiger partial charge >= 0.3 is 5.97 Å². The summed E-state index contributed by atoms with van der Waals surface area (Å²) in [7, 11) is 2.82. The number of carbonyl (C=O) groups is 3. The predicted molar refractivity (Wildman–Crippen MR) is 77.7 cm³/mol. The summed E-state index contributed by atoms with van der Waals surface area (Å²) in [4.78, 5) is 38.1. The molecular formula is C15H20N2O4. The summed E-state index contributed by atoms with van der Waals surface area (Å²) >= 11 is 0. The third-order valence-electron chi connectivity index (χ3n) is 3.02. The molecule has 1 rings (SSSR count). The molecule has 0 aliphatic rings. The zero-order valence-electron chi connectivity index (χ0n) is 12.5. The van der Waals surface area contributed by atoms with Crippen LogP contribution in [0.3, 0.4) is 0 Å². The van der Waals surface area contributed by atoms with Gasteiger partial charge < -0.3 is 14.5 Å². The van der Waals surface area contributed by atoms with Crippen molar-refractivity contribution in [3.63, 3.8) is 0 Å². The number of hydrogen-bond donors (Lipinski definition) is 0. The second-order valence-electron chi connectivity index (χ2n) is 4.51. The monoisotopic (exact) mass is 292 g/mol. The van der Waals surface area contributed by atoms with Crippen LogP contribution in [0.1, 0.15) is 17.3 Å². The Morgan fingerprint density at radius 2 is 1.71 bits per heavy atom. The van der Waals surface area contributed by atoms with Crippen LogP contribution in [-0.4, -0.2) is 61.4 Å². The van der Waals surface area contributed by atoms with Crippen LogP contribution in [0.5, 0.6) is 0 Å². The lowest BCUT2D eigenvalue weighted by atomic mass is 10.2. The van der Waals surface area contributed by atoms with Gasteiger partial charge in [0, 0.05) is 19.2 Å². The Hall–Kier alpha value is -2.37. The van der Waals surface area contributed by atoms with Gasteiger partial charge in [-0.3, -0.25) is 14.4 Å². The third-order valence-corrected chi connectivity index (χ3v) is 3.02. The van der Waals surface area contributed by atoms with Crippen LogP contribution in [0, 0.1) is 0 Å². The van der Waals surface area contributed by atoms with Crippen LogP contribution in [0.15, 0.2) is 30.3 Å². The molecule has 6 nitrogen and oxygen atoms in total. The van der Waals surface area contributed by atoms with Crippen molar-refractivity contribution in [3.8, 4) is 0 Å². The average Bonchev–Trinajstić information content (AvgIpc) is 2.52. The Bertz CT molecular complexity index is 502. The second kappa shape index (κ2) is 8.04. The van der Waals surface area contributed by atoms with E-state index < -0.39 is 5.97 Å². The van der Waals surface area contributed by atoms with E-state index in [1.165, 1.54) is 16.9 Å². The van der Waals surface area contributed by atoms with Gasteiger partial charge in [-0.05, 0) is 19.1 Å². The number of carbonyl (C=O) groups excluding carboxylic acids is 3. The van der Waals surface area contributed by atoms with E-state index in [9.17, 15) is 14.4 Å². The molecule has 2 amide bonds. The van der Waals surface area contributed by atoms with Gasteiger partial charge in [-0.2, -0.15) is 0 Å². The van der Waals surface area contributed by atoms with Crippen molar-refractivity contribution in [1.82, 2.24) is 9.80 Å². The zero-order chi connectivity index (χ0) is 15.8. The van der Waals surface area contributed by atoms with Crippen LogP contribution in [0.4, 0.5) is 0 Å². The van der Waals surface area contributed by atoms with Crippen LogP contribution in [0.25, 0.3) is 0 Å². The summed E-state index contributed by atoms with van der Waals surface area (Å²) in [6.45, 7) is 1.94. The molecule has 0 unspecified atom stereocenters. The number of likely N-dealkylation sites (N-methyl/N-ethyl adjacent to an activating group) is 2. The summed E-state index contributed by atoms with van der Waals surface area (Å²) in [5, 5.41) is 0. The first kappa shape index (κ1) is 16.7. The lowest BCUT2D eigenvalue weighted by molar-refractivity contribution is -0.147. The van der Waals surface area contributed by atoms with Crippen molar-refractivity contribution < 1.29 is 19.1 Å². The Balaban J connectivity index is 2.64. The molecule has 0 saturated carbocycles. The first-order valence-corrected chi connectivity index (χ1v) is 6.64. The van der Waals surface area contributed by atoms with Gasteiger partial charge in [0.05, 0.1) is 13.7 Å². The molecule has 0 spiro atoms.